The Morgan fingerprint density at radius 2 is 1.91 bits per heavy atom. The molecule has 124 valence electrons. The SMILES string of the molecule is CCc1ccccc1NC(=S)N1CCC(NC(=O)C2CC2)CC1. The van der Waals surface area contributed by atoms with E-state index in [-0.39, 0.29) is 5.91 Å². The number of carbonyl (C=O) groups excluding carboxylic acids is 1. The molecule has 0 atom stereocenters. The fourth-order valence-electron chi connectivity index (χ4n) is 3.04. The summed E-state index contributed by atoms with van der Waals surface area (Å²) in [4.78, 5) is 14.0. The number of amides is 1. The highest BCUT2D eigenvalue weighted by Crippen LogP contribution is 2.29. The van der Waals surface area contributed by atoms with E-state index in [2.05, 4.69) is 40.7 Å². The van der Waals surface area contributed by atoms with Gasteiger partial charge in [-0.25, -0.2) is 0 Å². The number of aryl methyl sites for hydroxylation is 1. The minimum Gasteiger partial charge on any atom is -0.353 e. The molecule has 1 aliphatic carbocycles. The third-order valence-corrected chi connectivity index (χ3v) is 5.08. The molecule has 5 heteroatoms. The summed E-state index contributed by atoms with van der Waals surface area (Å²) in [7, 11) is 0. The molecule has 0 unspecified atom stereocenters. The summed E-state index contributed by atoms with van der Waals surface area (Å²) in [6.07, 6.45) is 5.05. The summed E-state index contributed by atoms with van der Waals surface area (Å²) in [6, 6.07) is 8.61. The maximum atomic E-state index is 11.8. The lowest BCUT2D eigenvalue weighted by molar-refractivity contribution is -0.123. The van der Waals surface area contributed by atoms with Crippen molar-refractivity contribution in [2.75, 3.05) is 18.4 Å². The van der Waals surface area contributed by atoms with Crippen LogP contribution in [-0.4, -0.2) is 35.1 Å². The van der Waals surface area contributed by atoms with Crippen LogP contribution in [0.2, 0.25) is 0 Å². The van der Waals surface area contributed by atoms with Gasteiger partial charge < -0.3 is 15.5 Å². The van der Waals surface area contributed by atoms with Crippen molar-refractivity contribution >= 4 is 28.9 Å². The first-order chi connectivity index (χ1) is 11.2. The van der Waals surface area contributed by atoms with Gasteiger partial charge in [0.25, 0.3) is 0 Å². The minimum atomic E-state index is 0.251. The van der Waals surface area contributed by atoms with Crippen molar-refractivity contribution < 1.29 is 4.79 Å². The van der Waals surface area contributed by atoms with E-state index < -0.39 is 0 Å². The number of nitrogens with zero attached hydrogens (tertiary/aromatic N) is 1. The Morgan fingerprint density at radius 1 is 1.22 bits per heavy atom. The van der Waals surface area contributed by atoms with Crippen LogP contribution >= 0.6 is 12.2 Å². The van der Waals surface area contributed by atoms with E-state index >= 15 is 0 Å². The third-order valence-electron chi connectivity index (χ3n) is 4.72. The van der Waals surface area contributed by atoms with E-state index in [1.54, 1.807) is 0 Å². The number of nitrogens with one attached hydrogen (secondary N) is 2. The van der Waals surface area contributed by atoms with Crippen molar-refractivity contribution in [1.82, 2.24) is 10.2 Å². The van der Waals surface area contributed by atoms with Crippen LogP contribution in [0, 0.1) is 5.92 Å². The second-order valence-corrected chi connectivity index (χ2v) is 6.87. The molecule has 1 aromatic carbocycles. The Balaban J connectivity index is 1.49. The van der Waals surface area contributed by atoms with Crippen LogP contribution in [0.25, 0.3) is 0 Å². The zero-order valence-electron chi connectivity index (χ0n) is 13.7. The number of piperidine rings is 1. The minimum absolute atomic E-state index is 0.251. The lowest BCUT2D eigenvalue weighted by atomic mass is 10.1. The van der Waals surface area contributed by atoms with Crippen molar-refractivity contribution in [1.29, 1.82) is 0 Å². The van der Waals surface area contributed by atoms with Crippen LogP contribution in [0.3, 0.4) is 0 Å². The normalized spacial score (nSPS) is 18.6. The molecule has 1 saturated carbocycles. The van der Waals surface area contributed by atoms with Crippen molar-refractivity contribution in [3.05, 3.63) is 29.8 Å². The molecule has 3 rings (SSSR count). The standard InChI is InChI=1S/C18H25N3OS/c1-2-13-5-3-4-6-16(13)20-18(23)21-11-9-15(10-12-21)19-17(22)14-7-8-14/h3-6,14-15H,2,7-12H2,1H3,(H,19,22)(H,20,23). The molecule has 2 fully saturated rings. The number of benzene rings is 1. The van der Waals surface area contributed by atoms with Crippen LogP contribution in [0.1, 0.15) is 38.2 Å². The van der Waals surface area contributed by atoms with Crippen LogP contribution < -0.4 is 10.6 Å². The molecule has 0 aromatic heterocycles. The summed E-state index contributed by atoms with van der Waals surface area (Å²) in [6.45, 7) is 3.95. The molecule has 1 amide bonds. The second-order valence-electron chi connectivity index (χ2n) is 6.49. The van der Waals surface area contributed by atoms with Crippen molar-refractivity contribution in [3.8, 4) is 0 Å². The number of para-hydroxylation sites is 1. The van der Waals surface area contributed by atoms with Gasteiger partial charge in [-0.05, 0) is 56.0 Å². The van der Waals surface area contributed by atoms with Gasteiger partial charge in [0.15, 0.2) is 5.11 Å². The molecular weight excluding hydrogens is 306 g/mol. The summed E-state index contributed by atoms with van der Waals surface area (Å²) in [5.74, 6) is 0.544. The van der Waals surface area contributed by atoms with E-state index in [1.807, 2.05) is 6.07 Å². The molecule has 0 radical (unpaired) electrons. The molecular formula is C18H25N3OS. The molecule has 2 N–H and O–H groups in total. The maximum absolute atomic E-state index is 11.8. The summed E-state index contributed by atoms with van der Waals surface area (Å²) >= 11 is 5.57. The molecule has 4 nitrogen and oxygen atoms in total. The molecule has 23 heavy (non-hydrogen) atoms. The third kappa shape index (κ3) is 4.22. The first-order valence-corrected chi connectivity index (χ1v) is 9.02. The van der Waals surface area contributed by atoms with E-state index in [1.165, 1.54) is 5.56 Å². The summed E-state index contributed by atoms with van der Waals surface area (Å²) in [5, 5.41) is 7.35. The first kappa shape index (κ1) is 16.2. The quantitative estimate of drug-likeness (QED) is 0.833. The van der Waals surface area contributed by atoms with E-state index in [0.717, 1.165) is 56.0 Å². The topological polar surface area (TPSA) is 44.4 Å². The molecule has 1 saturated heterocycles. The molecule has 0 bridgehead atoms. The number of thiocarbonyl (C=S) groups is 1. The van der Waals surface area contributed by atoms with E-state index in [0.29, 0.717) is 12.0 Å². The number of anilines is 1. The van der Waals surface area contributed by atoms with E-state index in [4.69, 9.17) is 12.2 Å². The zero-order valence-corrected chi connectivity index (χ0v) is 14.5. The highest BCUT2D eigenvalue weighted by molar-refractivity contribution is 7.80. The van der Waals surface area contributed by atoms with Crippen LogP contribution in [0.15, 0.2) is 24.3 Å². The van der Waals surface area contributed by atoms with Gasteiger partial charge in [-0.2, -0.15) is 0 Å². The monoisotopic (exact) mass is 331 g/mol. The smallest absolute Gasteiger partial charge is 0.223 e. The van der Waals surface area contributed by atoms with Gasteiger partial charge in [0, 0.05) is 30.7 Å². The Bertz CT molecular complexity index is 577. The van der Waals surface area contributed by atoms with Gasteiger partial charge in [-0.15, -0.1) is 0 Å². The highest BCUT2D eigenvalue weighted by Gasteiger charge is 2.32. The largest absolute Gasteiger partial charge is 0.353 e. The predicted octanol–water partition coefficient (Wildman–Crippen LogP) is 2.94. The van der Waals surface area contributed by atoms with Gasteiger partial charge in [-0.3, -0.25) is 4.79 Å². The Morgan fingerprint density at radius 3 is 2.57 bits per heavy atom. The molecule has 0 spiro atoms. The first-order valence-electron chi connectivity index (χ1n) is 8.61. The predicted molar refractivity (Wildman–Crippen MR) is 97.5 cm³/mol. The number of hydrogen-bond donors (Lipinski definition) is 2. The molecule has 1 aliphatic heterocycles. The van der Waals surface area contributed by atoms with Crippen molar-refractivity contribution in [3.63, 3.8) is 0 Å². The summed E-state index contributed by atoms with van der Waals surface area (Å²) < 4.78 is 0. The van der Waals surface area contributed by atoms with Gasteiger partial charge in [0.05, 0.1) is 0 Å². The highest BCUT2D eigenvalue weighted by atomic mass is 32.1. The van der Waals surface area contributed by atoms with Crippen molar-refractivity contribution in [2.24, 2.45) is 5.92 Å². The number of carbonyl (C=O) groups is 1. The fourth-order valence-corrected chi connectivity index (χ4v) is 3.33. The van der Waals surface area contributed by atoms with Gasteiger partial charge in [0.2, 0.25) is 5.91 Å². The van der Waals surface area contributed by atoms with Gasteiger partial charge in [-0.1, -0.05) is 25.1 Å². The number of likely N-dealkylation sites (tertiary alicyclic amines) is 1. The second kappa shape index (κ2) is 7.30. The Hall–Kier alpha value is -1.62. The Labute approximate surface area is 143 Å². The van der Waals surface area contributed by atoms with Crippen LogP contribution in [-0.2, 0) is 11.2 Å². The number of hydrogen-bond acceptors (Lipinski definition) is 2. The van der Waals surface area contributed by atoms with Crippen molar-refractivity contribution in [2.45, 2.75) is 45.1 Å². The van der Waals surface area contributed by atoms with Crippen LogP contribution in [0.4, 0.5) is 5.69 Å². The maximum Gasteiger partial charge on any atom is 0.223 e. The average molecular weight is 331 g/mol. The summed E-state index contributed by atoms with van der Waals surface area (Å²) in [5.41, 5.74) is 2.38. The molecule has 1 aromatic rings. The number of rotatable bonds is 4. The molecule has 1 heterocycles. The zero-order chi connectivity index (χ0) is 16.2. The average Bonchev–Trinajstić information content (AvgIpc) is 3.41. The van der Waals surface area contributed by atoms with Gasteiger partial charge >= 0.3 is 0 Å². The van der Waals surface area contributed by atoms with Gasteiger partial charge in [0.1, 0.15) is 0 Å². The molecule has 2 aliphatic rings. The lowest BCUT2D eigenvalue weighted by Gasteiger charge is -2.34. The van der Waals surface area contributed by atoms with E-state index in [9.17, 15) is 4.79 Å². The fraction of sp³-hybridized carbons (Fsp3) is 0.556. The Kier molecular flexibility index (Phi) is 5.16. The van der Waals surface area contributed by atoms with Crippen LogP contribution in [0.5, 0.6) is 0 Å². The lowest BCUT2D eigenvalue weighted by Crippen LogP contribution is -2.48.